The number of pyridine rings is 1. The molecule has 0 bridgehead atoms. The molecule has 8 heteroatoms. The highest BCUT2D eigenvalue weighted by Gasteiger charge is 2.27. The van der Waals surface area contributed by atoms with Crippen LogP contribution in [-0.4, -0.2) is 28.9 Å². The first-order valence-electron chi connectivity index (χ1n) is 10.3. The summed E-state index contributed by atoms with van der Waals surface area (Å²) < 4.78 is 13.2. The van der Waals surface area contributed by atoms with E-state index in [1.165, 1.54) is 18.3 Å². The Kier molecular flexibility index (Phi) is 6.89. The normalized spacial score (nSPS) is 14.5. The van der Waals surface area contributed by atoms with Gasteiger partial charge in [0.1, 0.15) is 11.0 Å². The molecule has 4 rings (SSSR count). The molecule has 4 nitrogen and oxygen atoms in total. The van der Waals surface area contributed by atoms with E-state index in [9.17, 15) is 9.18 Å². The third-order valence-electron chi connectivity index (χ3n) is 5.80. The molecular weight excluding hydrogens is 472 g/mol. The summed E-state index contributed by atoms with van der Waals surface area (Å²) in [6.45, 7) is 2.99. The van der Waals surface area contributed by atoms with Crippen LogP contribution >= 0.6 is 34.8 Å². The molecule has 1 saturated heterocycles. The van der Waals surface area contributed by atoms with Crippen LogP contribution in [-0.2, 0) is 0 Å². The van der Waals surface area contributed by atoms with Crippen molar-refractivity contribution in [2.45, 2.75) is 25.7 Å². The molecule has 0 radical (unpaired) electrons. The quantitative estimate of drug-likeness (QED) is 0.390. The number of hydrogen-bond donors (Lipinski definition) is 1. The first kappa shape index (κ1) is 22.8. The molecule has 166 valence electrons. The van der Waals surface area contributed by atoms with Crippen molar-refractivity contribution in [3.63, 3.8) is 0 Å². The van der Waals surface area contributed by atoms with Gasteiger partial charge in [0.15, 0.2) is 0 Å². The minimum absolute atomic E-state index is 0.129. The van der Waals surface area contributed by atoms with Crippen molar-refractivity contribution in [1.82, 2.24) is 9.88 Å². The summed E-state index contributed by atoms with van der Waals surface area (Å²) in [4.78, 5) is 19.4. The van der Waals surface area contributed by atoms with Crippen LogP contribution in [0.25, 0.3) is 0 Å². The van der Waals surface area contributed by atoms with E-state index in [-0.39, 0.29) is 11.7 Å². The van der Waals surface area contributed by atoms with Gasteiger partial charge in [-0.05, 0) is 61.6 Å². The van der Waals surface area contributed by atoms with Crippen LogP contribution in [0.2, 0.25) is 15.2 Å². The summed E-state index contributed by atoms with van der Waals surface area (Å²) in [7, 11) is 0. The predicted octanol–water partition coefficient (Wildman–Crippen LogP) is 7.25. The monoisotopic (exact) mass is 491 g/mol. The number of nitrogens with zero attached hydrogens (tertiary/aromatic N) is 2. The second-order valence-corrected chi connectivity index (χ2v) is 9.03. The topological polar surface area (TPSA) is 45.2 Å². The van der Waals surface area contributed by atoms with Crippen LogP contribution in [0, 0.1) is 12.7 Å². The molecule has 1 N–H and O–H groups in total. The van der Waals surface area contributed by atoms with Crippen molar-refractivity contribution in [2.24, 2.45) is 0 Å². The van der Waals surface area contributed by atoms with Gasteiger partial charge in [0.25, 0.3) is 5.91 Å². The van der Waals surface area contributed by atoms with Crippen LogP contribution in [0.3, 0.4) is 0 Å². The fourth-order valence-electron chi connectivity index (χ4n) is 3.96. The Labute approximate surface area is 201 Å². The molecule has 0 atom stereocenters. The minimum atomic E-state index is -0.244. The molecule has 0 saturated carbocycles. The molecule has 1 amide bonds. The van der Waals surface area contributed by atoms with Gasteiger partial charge in [0.05, 0.1) is 22.0 Å². The SMILES string of the molecule is Cc1c(Cl)ncc(C(=O)N2CCC(c3ccc(F)cc3)CC2)c1Nc1cc(Cl)ccc1Cl. The third-order valence-corrected chi connectivity index (χ3v) is 6.75. The number of hydrogen-bond acceptors (Lipinski definition) is 3. The summed E-state index contributed by atoms with van der Waals surface area (Å²) in [6, 6.07) is 11.7. The van der Waals surface area contributed by atoms with Gasteiger partial charge in [-0.2, -0.15) is 0 Å². The summed E-state index contributed by atoms with van der Waals surface area (Å²) in [6.07, 6.45) is 3.10. The maximum absolute atomic E-state index is 13.4. The van der Waals surface area contributed by atoms with E-state index in [0.29, 0.717) is 56.7 Å². The van der Waals surface area contributed by atoms with Crippen molar-refractivity contribution < 1.29 is 9.18 Å². The van der Waals surface area contributed by atoms with Crippen molar-refractivity contribution in [3.8, 4) is 0 Å². The maximum atomic E-state index is 13.4. The highest BCUT2D eigenvalue weighted by atomic mass is 35.5. The van der Waals surface area contributed by atoms with Crippen LogP contribution in [0.4, 0.5) is 15.8 Å². The van der Waals surface area contributed by atoms with Crippen molar-refractivity contribution >= 4 is 52.1 Å². The number of benzene rings is 2. The van der Waals surface area contributed by atoms with Gasteiger partial charge in [0.2, 0.25) is 0 Å². The second kappa shape index (κ2) is 9.65. The molecule has 0 unspecified atom stereocenters. The van der Waals surface area contributed by atoms with E-state index in [2.05, 4.69) is 10.3 Å². The molecular formula is C24H21Cl3FN3O. The van der Waals surface area contributed by atoms with Crippen molar-refractivity contribution in [2.75, 3.05) is 18.4 Å². The molecule has 32 heavy (non-hydrogen) atoms. The molecule has 0 aliphatic carbocycles. The van der Waals surface area contributed by atoms with E-state index >= 15 is 0 Å². The Bertz CT molecular complexity index is 1150. The lowest BCUT2D eigenvalue weighted by Gasteiger charge is -2.33. The second-order valence-electron chi connectivity index (χ2n) is 7.83. The Morgan fingerprint density at radius 2 is 1.78 bits per heavy atom. The van der Waals surface area contributed by atoms with Gasteiger partial charge in [-0.3, -0.25) is 4.79 Å². The smallest absolute Gasteiger partial charge is 0.257 e. The number of aromatic nitrogens is 1. The van der Waals surface area contributed by atoms with Crippen LogP contribution in [0.15, 0.2) is 48.7 Å². The Morgan fingerprint density at radius 1 is 1.09 bits per heavy atom. The molecule has 1 fully saturated rings. The lowest BCUT2D eigenvalue weighted by Crippen LogP contribution is -2.38. The Hall–Kier alpha value is -2.34. The summed E-state index contributed by atoms with van der Waals surface area (Å²) in [5, 5.41) is 4.52. The zero-order chi connectivity index (χ0) is 22.8. The van der Waals surface area contributed by atoms with E-state index in [1.807, 2.05) is 17.0 Å². The molecule has 0 spiro atoms. The zero-order valence-electron chi connectivity index (χ0n) is 17.3. The van der Waals surface area contributed by atoms with E-state index in [1.54, 1.807) is 25.1 Å². The number of anilines is 2. The predicted molar refractivity (Wildman–Crippen MR) is 128 cm³/mol. The molecule has 1 aliphatic heterocycles. The third kappa shape index (κ3) is 4.85. The lowest BCUT2D eigenvalue weighted by molar-refractivity contribution is 0.0713. The van der Waals surface area contributed by atoms with Gasteiger partial charge < -0.3 is 10.2 Å². The molecule has 1 aromatic heterocycles. The van der Waals surface area contributed by atoms with Gasteiger partial charge in [-0.1, -0.05) is 46.9 Å². The van der Waals surface area contributed by atoms with Crippen LogP contribution < -0.4 is 5.32 Å². The van der Waals surface area contributed by atoms with Gasteiger partial charge in [-0.25, -0.2) is 9.37 Å². The Balaban J connectivity index is 1.56. The molecule has 2 heterocycles. The average molecular weight is 493 g/mol. The van der Waals surface area contributed by atoms with E-state index in [4.69, 9.17) is 34.8 Å². The number of rotatable bonds is 4. The summed E-state index contributed by atoms with van der Waals surface area (Å²) >= 11 is 18.7. The number of amides is 1. The number of carbonyl (C=O) groups excluding carboxylic acids is 1. The number of nitrogens with one attached hydrogen (secondary N) is 1. The Morgan fingerprint density at radius 3 is 2.47 bits per heavy atom. The summed E-state index contributed by atoms with van der Waals surface area (Å²) in [5.74, 6) is -0.0742. The highest BCUT2D eigenvalue weighted by molar-refractivity contribution is 6.35. The summed E-state index contributed by atoms with van der Waals surface area (Å²) in [5.41, 5.74) is 3.30. The number of likely N-dealkylation sites (tertiary alicyclic amines) is 1. The molecule has 1 aliphatic rings. The minimum Gasteiger partial charge on any atom is -0.353 e. The van der Waals surface area contributed by atoms with Gasteiger partial charge in [-0.15, -0.1) is 0 Å². The number of carbonyl (C=O) groups is 1. The zero-order valence-corrected chi connectivity index (χ0v) is 19.6. The lowest BCUT2D eigenvalue weighted by atomic mass is 9.89. The standard InChI is InChI=1S/C24H21Cl3FN3O/c1-14-22(30-21-12-17(25)4-7-20(21)26)19(13-29-23(14)27)24(32)31-10-8-16(9-11-31)15-2-5-18(28)6-3-15/h2-7,12-13,16H,8-11H2,1H3,(H,29,30). The van der Waals surface area contributed by atoms with Gasteiger partial charge >= 0.3 is 0 Å². The highest BCUT2D eigenvalue weighted by Crippen LogP contribution is 2.35. The van der Waals surface area contributed by atoms with E-state index < -0.39 is 0 Å². The van der Waals surface area contributed by atoms with E-state index in [0.717, 1.165) is 18.4 Å². The maximum Gasteiger partial charge on any atom is 0.257 e. The fraction of sp³-hybridized carbons (Fsp3) is 0.250. The van der Waals surface area contributed by atoms with Crippen LogP contribution in [0.1, 0.15) is 40.2 Å². The molecule has 2 aromatic carbocycles. The fourth-order valence-corrected chi connectivity index (χ4v) is 4.44. The van der Waals surface area contributed by atoms with Gasteiger partial charge in [0, 0.05) is 29.9 Å². The number of piperidine rings is 1. The molecule has 3 aromatic rings. The first-order valence-corrected chi connectivity index (χ1v) is 11.4. The number of halogens is 4. The van der Waals surface area contributed by atoms with Crippen molar-refractivity contribution in [1.29, 1.82) is 0 Å². The average Bonchev–Trinajstić information content (AvgIpc) is 2.79. The largest absolute Gasteiger partial charge is 0.353 e. The van der Waals surface area contributed by atoms with Crippen molar-refractivity contribution in [3.05, 3.63) is 86.4 Å². The first-order chi connectivity index (χ1) is 15.3. The van der Waals surface area contributed by atoms with Crippen LogP contribution in [0.5, 0.6) is 0 Å².